The predicted molar refractivity (Wildman–Crippen MR) is 126 cm³/mol. The molecule has 5 heteroatoms. The standard InChI is InChI=1S/C22H21N5.C2H6.2H2/c1-12-20-19(27-26-12)9-8-18-21(20)15-4-2-3-5-16(15)22(25-18)13-6-7-17(24)14(10-13)11-23;1-2;;/h6-11,23H,2-5,24H2,1H3,(H,26,27);1-2H3;2*1H. The molecule has 0 spiro atoms. The fourth-order valence-corrected chi connectivity index (χ4v) is 4.37. The number of benzene rings is 2. The van der Waals surface area contributed by atoms with Gasteiger partial charge in [-0.25, -0.2) is 4.98 Å². The summed E-state index contributed by atoms with van der Waals surface area (Å²) in [5, 5.41) is 17.6. The molecule has 0 radical (unpaired) electrons. The van der Waals surface area contributed by atoms with Crippen molar-refractivity contribution in [1.82, 2.24) is 15.2 Å². The van der Waals surface area contributed by atoms with E-state index in [1.165, 1.54) is 41.0 Å². The minimum Gasteiger partial charge on any atom is -0.398 e. The molecule has 5 rings (SSSR count). The van der Waals surface area contributed by atoms with E-state index in [9.17, 15) is 0 Å². The molecular weight excluding hydrogens is 358 g/mol. The molecule has 1 aliphatic carbocycles. The van der Waals surface area contributed by atoms with Crippen molar-refractivity contribution in [3.63, 3.8) is 0 Å². The number of nitrogens with two attached hydrogens (primary N) is 1. The van der Waals surface area contributed by atoms with Crippen molar-refractivity contribution < 1.29 is 2.85 Å². The van der Waals surface area contributed by atoms with Crippen LogP contribution in [-0.2, 0) is 12.8 Å². The summed E-state index contributed by atoms with van der Waals surface area (Å²) in [5.41, 5.74) is 15.3. The van der Waals surface area contributed by atoms with E-state index in [1.54, 1.807) is 0 Å². The highest BCUT2D eigenvalue weighted by molar-refractivity contribution is 6.09. The Morgan fingerprint density at radius 1 is 1.03 bits per heavy atom. The molecule has 4 N–H and O–H groups in total. The highest BCUT2D eigenvalue weighted by atomic mass is 15.1. The first-order valence-corrected chi connectivity index (χ1v) is 10.4. The van der Waals surface area contributed by atoms with Crippen LogP contribution in [0.4, 0.5) is 5.69 Å². The number of H-pyrrole nitrogens is 1. The number of nitrogens with zero attached hydrogens (tertiary/aromatic N) is 2. The van der Waals surface area contributed by atoms with Crippen molar-refractivity contribution in [3.05, 3.63) is 52.7 Å². The number of hydrogen-bond acceptors (Lipinski definition) is 4. The van der Waals surface area contributed by atoms with Crippen LogP contribution in [0.15, 0.2) is 30.3 Å². The third-order valence-electron chi connectivity index (χ3n) is 5.68. The van der Waals surface area contributed by atoms with Crippen molar-refractivity contribution >= 4 is 33.7 Å². The summed E-state index contributed by atoms with van der Waals surface area (Å²) in [4.78, 5) is 5.08. The Bertz CT molecular complexity index is 1230. The first-order valence-electron chi connectivity index (χ1n) is 10.4. The number of aromatic amines is 1. The quantitative estimate of drug-likeness (QED) is 0.287. The van der Waals surface area contributed by atoms with Gasteiger partial charge in [-0.1, -0.05) is 19.9 Å². The van der Waals surface area contributed by atoms with Crippen molar-refractivity contribution in [2.75, 3.05) is 5.73 Å². The van der Waals surface area contributed by atoms with Crippen LogP contribution in [0.5, 0.6) is 0 Å². The first kappa shape index (κ1) is 19.1. The summed E-state index contributed by atoms with van der Waals surface area (Å²) in [6.07, 6.45) is 5.79. The lowest BCUT2D eigenvalue weighted by atomic mass is 9.85. The molecule has 1 aliphatic rings. The second-order valence-electron chi connectivity index (χ2n) is 7.32. The van der Waals surface area contributed by atoms with Gasteiger partial charge in [0.25, 0.3) is 0 Å². The summed E-state index contributed by atoms with van der Waals surface area (Å²) in [7, 11) is 0. The third-order valence-corrected chi connectivity index (χ3v) is 5.68. The maximum absolute atomic E-state index is 7.62. The van der Waals surface area contributed by atoms with E-state index in [-0.39, 0.29) is 2.85 Å². The summed E-state index contributed by atoms with van der Waals surface area (Å²) >= 11 is 0. The van der Waals surface area contributed by atoms with Crippen LogP contribution in [-0.4, -0.2) is 21.4 Å². The lowest BCUT2D eigenvalue weighted by Crippen LogP contribution is -2.08. The molecule has 0 atom stereocenters. The second kappa shape index (κ2) is 7.66. The van der Waals surface area contributed by atoms with Gasteiger partial charge >= 0.3 is 0 Å². The van der Waals surface area contributed by atoms with Crippen LogP contribution in [0.25, 0.3) is 33.1 Å². The summed E-state index contributed by atoms with van der Waals surface area (Å²) in [6.45, 7) is 6.08. The molecule has 29 heavy (non-hydrogen) atoms. The summed E-state index contributed by atoms with van der Waals surface area (Å²) in [6, 6.07) is 9.99. The fourth-order valence-electron chi connectivity index (χ4n) is 4.37. The second-order valence-corrected chi connectivity index (χ2v) is 7.32. The molecule has 0 aliphatic heterocycles. The number of anilines is 1. The molecule has 2 aromatic carbocycles. The van der Waals surface area contributed by atoms with Crippen LogP contribution in [0.3, 0.4) is 0 Å². The van der Waals surface area contributed by atoms with Gasteiger partial charge in [0.2, 0.25) is 0 Å². The zero-order chi connectivity index (χ0) is 20.5. The Balaban J connectivity index is 0.000000830. The van der Waals surface area contributed by atoms with Gasteiger partial charge in [0.15, 0.2) is 0 Å². The van der Waals surface area contributed by atoms with Crippen molar-refractivity contribution in [1.29, 1.82) is 5.41 Å². The van der Waals surface area contributed by atoms with Gasteiger partial charge < -0.3 is 11.1 Å². The zero-order valence-corrected chi connectivity index (χ0v) is 17.3. The molecule has 0 amide bonds. The number of nitrogen functional groups attached to an aromatic ring is 1. The number of hydrogen-bond donors (Lipinski definition) is 3. The van der Waals surface area contributed by atoms with E-state index in [1.807, 2.05) is 38.1 Å². The van der Waals surface area contributed by atoms with Gasteiger partial charge in [-0.3, -0.25) is 5.10 Å². The maximum Gasteiger partial charge on any atom is 0.0931 e. The van der Waals surface area contributed by atoms with E-state index < -0.39 is 0 Å². The van der Waals surface area contributed by atoms with Gasteiger partial charge in [0.05, 0.1) is 16.7 Å². The van der Waals surface area contributed by atoms with Gasteiger partial charge in [0, 0.05) is 42.3 Å². The number of rotatable bonds is 2. The molecule has 5 nitrogen and oxygen atoms in total. The fraction of sp³-hybridized carbons (Fsp3) is 0.292. The van der Waals surface area contributed by atoms with Gasteiger partial charge in [-0.15, -0.1) is 0 Å². The van der Waals surface area contributed by atoms with E-state index >= 15 is 0 Å². The molecule has 0 bridgehead atoms. The van der Waals surface area contributed by atoms with Gasteiger partial charge in [0.1, 0.15) is 0 Å². The molecule has 0 saturated carbocycles. The van der Waals surface area contributed by atoms with Crippen molar-refractivity contribution in [2.24, 2.45) is 0 Å². The van der Waals surface area contributed by atoms with Gasteiger partial charge in [-0.2, -0.15) is 5.10 Å². The maximum atomic E-state index is 7.62. The molecule has 2 aromatic heterocycles. The molecule has 0 unspecified atom stereocenters. The Labute approximate surface area is 173 Å². The monoisotopic (exact) mass is 389 g/mol. The highest BCUT2D eigenvalue weighted by Crippen LogP contribution is 2.38. The number of aromatic nitrogens is 3. The molecule has 2 heterocycles. The Morgan fingerprint density at radius 3 is 2.52 bits per heavy atom. The molecule has 152 valence electrons. The van der Waals surface area contributed by atoms with Crippen LogP contribution in [0, 0.1) is 12.3 Å². The van der Waals surface area contributed by atoms with Crippen molar-refractivity contribution in [2.45, 2.75) is 46.5 Å². The van der Waals surface area contributed by atoms with Gasteiger partial charge in [-0.05, 0) is 68.0 Å². The molecule has 0 saturated heterocycles. The minimum atomic E-state index is 0. The number of aryl methyl sites for hydroxylation is 2. The average Bonchev–Trinajstić information content (AvgIpc) is 3.16. The zero-order valence-electron chi connectivity index (χ0n) is 17.3. The predicted octanol–water partition coefficient (Wildman–Crippen LogP) is 6.06. The third kappa shape index (κ3) is 3.07. The number of pyridine rings is 1. The first-order chi connectivity index (χ1) is 14.2. The van der Waals surface area contributed by atoms with E-state index in [0.717, 1.165) is 46.4 Å². The van der Waals surface area contributed by atoms with E-state index in [2.05, 4.69) is 23.2 Å². The SMILES string of the molecule is CC.Cc1[nH]nc2ccc3nc(-c4ccc(N)c(C=N)c4)c4c(c3c12)CCCC4.[HH].[HH]. The lowest BCUT2D eigenvalue weighted by molar-refractivity contribution is 0.689. The normalized spacial score (nSPS) is 13.1. The largest absolute Gasteiger partial charge is 0.398 e. The van der Waals surface area contributed by atoms with Crippen LogP contribution in [0.2, 0.25) is 0 Å². The smallest absolute Gasteiger partial charge is 0.0931 e. The van der Waals surface area contributed by atoms with Crippen LogP contribution in [0.1, 0.15) is 51.9 Å². The molecule has 0 fully saturated rings. The molecule has 4 aromatic rings. The highest BCUT2D eigenvalue weighted by Gasteiger charge is 2.22. The van der Waals surface area contributed by atoms with Crippen LogP contribution >= 0.6 is 0 Å². The van der Waals surface area contributed by atoms with Crippen LogP contribution < -0.4 is 5.73 Å². The van der Waals surface area contributed by atoms with E-state index in [0.29, 0.717) is 5.69 Å². The summed E-state index contributed by atoms with van der Waals surface area (Å²) in [5.74, 6) is 0. The Kier molecular flexibility index (Phi) is 5.05. The van der Waals surface area contributed by atoms with Crippen molar-refractivity contribution in [3.8, 4) is 11.3 Å². The Morgan fingerprint density at radius 2 is 1.76 bits per heavy atom. The lowest BCUT2D eigenvalue weighted by Gasteiger charge is -2.22. The summed E-state index contributed by atoms with van der Waals surface area (Å²) < 4.78 is 0. The average molecular weight is 390 g/mol. The number of nitrogens with one attached hydrogen (secondary N) is 2. The Hall–Kier alpha value is -3.21. The molecular formula is C24H31N5. The van der Waals surface area contributed by atoms with E-state index in [4.69, 9.17) is 16.1 Å². The topological polar surface area (TPSA) is 91.4 Å². The minimum absolute atomic E-state index is 0. The number of fused-ring (bicyclic) bond motifs is 5.